The topological polar surface area (TPSA) is 35.2 Å². The minimum Gasteiger partial charge on any atom is -0.491 e. The van der Waals surface area contributed by atoms with Gasteiger partial charge in [-0.15, -0.1) is 11.8 Å². The van der Waals surface area contributed by atoms with Gasteiger partial charge in [-0.05, 0) is 30.3 Å². The van der Waals surface area contributed by atoms with Crippen molar-refractivity contribution in [2.45, 2.75) is 4.90 Å². The van der Waals surface area contributed by atoms with Crippen LogP contribution in [-0.2, 0) is 0 Å². The van der Waals surface area contributed by atoms with Gasteiger partial charge >= 0.3 is 0 Å². The van der Waals surface area contributed by atoms with E-state index in [9.17, 15) is 0 Å². The number of anilines is 1. The van der Waals surface area contributed by atoms with E-state index in [1.54, 1.807) is 30.0 Å². The van der Waals surface area contributed by atoms with Crippen molar-refractivity contribution >= 4 is 40.7 Å². The van der Waals surface area contributed by atoms with E-state index < -0.39 is 0 Å². The second-order valence-electron chi connectivity index (χ2n) is 3.81. The third kappa shape index (κ3) is 4.23. The summed E-state index contributed by atoms with van der Waals surface area (Å²) in [5, 5.41) is 1.30. The second kappa shape index (κ2) is 6.94. The maximum Gasteiger partial charge on any atom is 0.137 e. The van der Waals surface area contributed by atoms with Crippen molar-refractivity contribution in [2.75, 3.05) is 18.1 Å². The normalized spacial score (nSPS) is 10.4. The molecule has 2 N–H and O–H groups in total. The van der Waals surface area contributed by atoms with Gasteiger partial charge in [0.1, 0.15) is 5.75 Å². The van der Waals surface area contributed by atoms with Crippen LogP contribution in [-0.4, -0.2) is 12.4 Å². The molecule has 0 aromatic heterocycles. The van der Waals surface area contributed by atoms with Crippen LogP contribution < -0.4 is 10.5 Å². The maximum absolute atomic E-state index is 6.00. The van der Waals surface area contributed by atoms with Crippen LogP contribution >= 0.6 is 35.0 Å². The molecule has 0 aliphatic rings. The van der Waals surface area contributed by atoms with Crippen LogP contribution in [0.4, 0.5) is 5.69 Å². The number of hydrogen-bond acceptors (Lipinski definition) is 3. The molecule has 0 bridgehead atoms. The highest BCUT2D eigenvalue weighted by Gasteiger charge is 2.03. The van der Waals surface area contributed by atoms with Crippen molar-refractivity contribution in [3.63, 3.8) is 0 Å². The molecule has 0 aliphatic heterocycles. The number of ether oxygens (including phenoxy) is 1. The first-order valence-corrected chi connectivity index (χ1v) is 7.46. The largest absolute Gasteiger partial charge is 0.491 e. The molecular weight excluding hydrogens is 301 g/mol. The zero-order valence-electron chi connectivity index (χ0n) is 10.1. The summed E-state index contributed by atoms with van der Waals surface area (Å²) in [6, 6.07) is 12.9. The molecule has 0 spiro atoms. The maximum atomic E-state index is 6.00. The molecule has 2 rings (SSSR count). The quantitative estimate of drug-likeness (QED) is 0.491. The number of benzene rings is 2. The molecule has 2 aromatic carbocycles. The summed E-state index contributed by atoms with van der Waals surface area (Å²) >= 11 is 13.5. The summed E-state index contributed by atoms with van der Waals surface area (Å²) in [6.45, 7) is 0.556. The van der Waals surface area contributed by atoms with Gasteiger partial charge in [0.15, 0.2) is 0 Å². The number of para-hydroxylation sites is 1. The fourth-order valence-corrected chi connectivity index (χ4v) is 2.76. The van der Waals surface area contributed by atoms with Gasteiger partial charge in [-0.25, -0.2) is 0 Å². The van der Waals surface area contributed by atoms with E-state index in [0.717, 1.165) is 16.3 Å². The lowest BCUT2D eigenvalue weighted by atomic mass is 10.3. The Balaban J connectivity index is 1.84. The molecular formula is C14H13Cl2NOS. The Hall–Kier alpha value is -1.03. The third-order valence-electron chi connectivity index (χ3n) is 2.41. The molecule has 0 heterocycles. The fraction of sp³-hybridized carbons (Fsp3) is 0.143. The highest BCUT2D eigenvalue weighted by Crippen LogP contribution is 2.28. The van der Waals surface area contributed by atoms with Crippen molar-refractivity contribution in [3.05, 3.63) is 52.5 Å². The molecule has 5 heteroatoms. The van der Waals surface area contributed by atoms with E-state index in [-0.39, 0.29) is 0 Å². The van der Waals surface area contributed by atoms with Gasteiger partial charge in [-0.3, -0.25) is 0 Å². The number of nitrogen functional groups attached to an aromatic ring is 1. The van der Waals surface area contributed by atoms with Crippen LogP contribution in [0.3, 0.4) is 0 Å². The number of halogens is 2. The Bertz CT molecular complexity index is 563. The average molecular weight is 314 g/mol. The first-order valence-electron chi connectivity index (χ1n) is 5.72. The minimum absolute atomic E-state index is 0.556. The van der Waals surface area contributed by atoms with Gasteiger partial charge in [0.2, 0.25) is 0 Å². The summed E-state index contributed by atoms with van der Waals surface area (Å²) in [7, 11) is 0. The van der Waals surface area contributed by atoms with Crippen molar-refractivity contribution in [3.8, 4) is 5.75 Å². The smallest absolute Gasteiger partial charge is 0.137 e. The zero-order valence-corrected chi connectivity index (χ0v) is 12.4. The fourth-order valence-electron chi connectivity index (χ4n) is 1.50. The molecule has 0 unspecified atom stereocenters. The number of rotatable bonds is 5. The Morgan fingerprint density at radius 3 is 2.68 bits per heavy atom. The average Bonchev–Trinajstić information content (AvgIpc) is 2.40. The van der Waals surface area contributed by atoms with Gasteiger partial charge in [0.25, 0.3) is 0 Å². The van der Waals surface area contributed by atoms with Gasteiger partial charge < -0.3 is 10.5 Å². The first-order chi connectivity index (χ1) is 9.16. The van der Waals surface area contributed by atoms with E-state index in [2.05, 4.69) is 0 Å². The van der Waals surface area contributed by atoms with Crippen LogP contribution in [0, 0.1) is 0 Å². The molecule has 0 atom stereocenters. The van der Waals surface area contributed by atoms with Crippen molar-refractivity contribution < 1.29 is 4.74 Å². The third-order valence-corrected chi connectivity index (χ3v) is 3.99. The van der Waals surface area contributed by atoms with E-state index >= 15 is 0 Å². The van der Waals surface area contributed by atoms with Gasteiger partial charge in [0, 0.05) is 21.4 Å². The van der Waals surface area contributed by atoms with Crippen LogP contribution in [0.1, 0.15) is 0 Å². The van der Waals surface area contributed by atoms with E-state index in [4.69, 9.17) is 33.7 Å². The molecule has 0 aliphatic carbocycles. The predicted octanol–water partition coefficient (Wildman–Crippen LogP) is 4.75. The first kappa shape index (κ1) is 14.4. The van der Waals surface area contributed by atoms with Crippen LogP contribution in [0.25, 0.3) is 0 Å². The SMILES string of the molecule is Nc1ccc(Cl)cc1SCCOc1ccccc1Cl. The molecule has 100 valence electrons. The summed E-state index contributed by atoms with van der Waals surface area (Å²) < 4.78 is 5.60. The summed E-state index contributed by atoms with van der Waals surface area (Å²) in [5.41, 5.74) is 6.59. The molecule has 2 nitrogen and oxygen atoms in total. The number of thioether (sulfide) groups is 1. The van der Waals surface area contributed by atoms with Crippen molar-refractivity contribution in [1.82, 2.24) is 0 Å². The monoisotopic (exact) mass is 313 g/mol. The van der Waals surface area contributed by atoms with Crippen LogP contribution in [0.15, 0.2) is 47.4 Å². The van der Waals surface area contributed by atoms with Crippen LogP contribution in [0.5, 0.6) is 5.75 Å². The summed E-state index contributed by atoms with van der Waals surface area (Å²) in [6.07, 6.45) is 0. The summed E-state index contributed by atoms with van der Waals surface area (Å²) in [5.74, 6) is 1.47. The van der Waals surface area contributed by atoms with E-state index in [1.807, 2.05) is 24.3 Å². The lowest BCUT2D eigenvalue weighted by Crippen LogP contribution is -2.01. The molecule has 0 saturated heterocycles. The lowest BCUT2D eigenvalue weighted by Gasteiger charge is -2.08. The molecule has 0 radical (unpaired) electrons. The highest BCUT2D eigenvalue weighted by atomic mass is 35.5. The Kier molecular flexibility index (Phi) is 5.25. The molecule has 0 fully saturated rings. The number of hydrogen-bond donors (Lipinski definition) is 1. The molecule has 0 saturated carbocycles. The van der Waals surface area contributed by atoms with Gasteiger partial charge in [-0.1, -0.05) is 35.3 Å². The second-order valence-corrected chi connectivity index (χ2v) is 5.79. The van der Waals surface area contributed by atoms with Crippen molar-refractivity contribution in [1.29, 1.82) is 0 Å². The van der Waals surface area contributed by atoms with E-state index in [0.29, 0.717) is 22.4 Å². The van der Waals surface area contributed by atoms with E-state index in [1.165, 1.54) is 0 Å². The Morgan fingerprint density at radius 1 is 1.11 bits per heavy atom. The Morgan fingerprint density at radius 2 is 1.89 bits per heavy atom. The van der Waals surface area contributed by atoms with Gasteiger partial charge in [0.05, 0.1) is 11.6 Å². The minimum atomic E-state index is 0.556. The highest BCUT2D eigenvalue weighted by molar-refractivity contribution is 7.99. The van der Waals surface area contributed by atoms with Crippen LogP contribution in [0.2, 0.25) is 10.0 Å². The number of nitrogens with two attached hydrogens (primary N) is 1. The molecule has 2 aromatic rings. The summed E-state index contributed by atoms with van der Waals surface area (Å²) in [4.78, 5) is 0.968. The molecule has 19 heavy (non-hydrogen) atoms. The standard InChI is InChI=1S/C14H13Cl2NOS/c15-10-5-6-12(17)14(9-10)19-8-7-18-13-4-2-1-3-11(13)16/h1-6,9H,7-8,17H2. The predicted molar refractivity (Wildman–Crippen MR) is 83.5 cm³/mol. The lowest BCUT2D eigenvalue weighted by molar-refractivity contribution is 0.344. The van der Waals surface area contributed by atoms with Gasteiger partial charge in [-0.2, -0.15) is 0 Å². The zero-order chi connectivity index (χ0) is 13.7. The molecule has 0 amide bonds. The van der Waals surface area contributed by atoms with Crippen molar-refractivity contribution in [2.24, 2.45) is 0 Å². The Labute approximate surface area is 126 Å².